The van der Waals surface area contributed by atoms with Gasteiger partial charge in [-0.15, -0.1) is 0 Å². The third kappa shape index (κ3) is 2.91. The first-order valence-electron chi connectivity index (χ1n) is 5.25. The number of ether oxygens (including phenoxy) is 1. The van der Waals surface area contributed by atoms with E-state index >= 15 is 0 Å². The monoisotopic (exact) mass is 185 g/mol. The van der Waals surface area contributed by atoms with E-state index in [-0.39, 0.29) is 0 Å². The predicted molar refractivity (Wildman–Crippen MR) is 51.4 cm³/mol. The van der Waals surface area contributed by atoms with Crippen molar-refractivity contribution < 1.29 is 4.74 Å². The topological polar surface area (TPSA) is 36.5 Å². The van der Waals surface area contributed by atoms with E-state index < -0.39 is 0 Å². The van der Waals surface area contributed by atoms with Gasteiger partial charge in [0.2, 0.25) is 0 Å². The van der Waals surface area contributed by atoms with Gasteiger partial charge in [0.1, 0.15) is 0 Å². The zero-order chi connectivity index (χ0) is 8.93. The standard InChI is InChI=1S/C9H19N3O/c1-3-10-4-2-9(1)11-12-5-7-13-8-6-12/h9-11H,1-8H2. The van der Waals surface area contributed by atoms with Crippen LogP contribution in [0, 0.1) is 0 Å². The first-order valence-corrected chi connectivity index (χ1v) is 5.25. The molecule has 2 rings (SSSR count). The summed E-state index contributed by atoms with van der Waals surface area (Å²) in [4.78, 5) is 0. The van der Waals surface area contributed by atoms with E-state index in [1.165, 1.54) is 12.8 Å². The third-order valence-electron chi connectivity index (χ3n) is 2.72. The number of rotatable bonds is 2. The minimum absolute atomic E-state index is 0.680. The van der Waals surface area contributed by atoms with Crippen molar-refractivity contribution >= 4 is 0 Å². The molecule has 2 aliphatic heterocycles. The van der Waals surface area contributed by atoms with Crippen molar-refractivity contribution in [3.05, 3.63) is 0 Å². The number of hydrogen-bond acceptors (Lipinski definition) is 4. The summed E-state index contributed by atoms with van der Waals surface area (Å²) in [6.07, 6.45) is 2.49. The highest BCUT2D eigenvalue weighted by molar-refractivity contribution is 4.74. The van der Waals surface area contributed by atoms with E-state index in [0.717, 1.165) is 39.4 Å². The summed E-state index contributed by atoms with van der Waals surface area (Å²) >= 11 is 0. The Morgan fingerprint density at radius 3 is 2.54 bits per heavy atom. The fourth-order valence-electron chi connectivity index (χ4n) is 1.90. The van der Waals surface area contributed by atoms with Gasteiger partial charge in [-0.25, -0.2) is 5.01 Å². The van der Waals surface area contributed by atoms with Crippen LogP contribution in [-0.2, 0) is 4.74 Å². The lowest BCUT2D eigenvalue weighted by Crippen LogP contribution is -2.52. The fraction of sp³-hybridized carbons (Fsp3) is 1.00. The van der Waals surface area contributed by atoms with Crippen molar-refractivity contribution in [2.75, 3.05) is 39.4 Å². The van der Waals surface area contributed by atoms with Crippen molar-refractivity contribution in [3.63, 3.8) is 0 Å². The molecule has 0 aliphatic carbocycles. The van der Waals surface area contributed by atoms with Gasteiger partial charge in [-0.2, -0.15) is 0 Å². The summed E-state index contributed by atoms with van der Waals surface area (Å²) in [5.41, 5.74) is 3.57. The van der Waals surface area contributed by atoms with Crippen LogP contribution in [0.3, 0.4) is 0 Å². The molecule has 76 valence electrons. The molecule has 2 aliphatic rings. The van der Waals surface area contributed by atoms with E-state index in [0.29, 0.717) is 6.04 Å². The lowest BCUT2D eigenvalue weighted by atomic mass is 10.1. The van der Waals surface area contributed by atoms with Crippen LogP contribution in [0.4, 0.5) is 0 Å². The third-order valence-corrected chi connectivity index (χ3v) is 2.72. The van der Waals surface area contributed by atoms with Crippen molar-refractivity contribution in [2.24, 2.45) is 0 Å². The molecule has 0 amide bonds. The molecule has 2 N–H and O–H groups in total. The van der Waals surface area contributed by atoms with Crippen LogP contribution in [0.15, 0.2) is 0 Å². The number of hydrogen-bond donors (Lipinski definition) is 2. The molecule has 0 atom stereocenters. The van der Waals surface area contributed by atoms with E-state index in [9.17, 15) is 0 Å². The van der Waals surface area contributed by atoms with E-state index in [2.05, 4.69) is 15.8 Å². The maximum Gasteiger partial charge on any atom is 0.0608 e. The molecule has 0 aromatic rings. The second-order valence-electron chi connectivity index (χ2n) is 3.75. The first kappa shape index (κ1) is 9.40. The van der Waals surface area contributed by atoms with Crippen molar-refractivity contribution in [3.8, 4) is 0 Å². The lowest BCUT2D eigenvalue weighted by molar-refractivity contribution is 0.00103. The van der Waals surface area contributed by atoms with Gasteiger partial charge < -0.3 is 10.1 Å². The van der Waals surface area contributed by atoms with Crippen LogP contribution >= 0.6 is 0 Å². The van der Waals surface area contributed by atoms with Crippen LogP contribution in [0.5, 0.6) is 0 Å². The molecule has 0 radical (unpaired) electrons. The molecule has 4 nitrogen and oxygen atoms in total. The molecule has 2 fully saturated rings. The van der Waals surface area contributed by atoms with Gasteiger partial charge in [-0.05, 0) is 25.9 Å². The Labute approximate surface area is 79.6 Å². The minimum Gasteiger partial charge on any atom is -0.379 e. The quantitative estimate of drug-likeness (QED) is 0.612. The van der Waals surface area contributed by atoms with Crippen LogP contribution in [-0.4, -0.2) is 50.4 Å². The summed E-state index contributed by atoms with van der Waals surface area (Å²) in [6, 6.07) is 0.680. The molecular weight excluding hydrogens is 166 g/mol. The molecule has 4 heteroatoms. The molecule has 0 spiro atoms. The van der Waals surface area contributed by atoms with Gasteiger partial charge >= 0.3 is 0 Å². The molecule has 0 saturated carbocycles. The van der Waals surface area contributed by atoms with Crippen molar-refractivity contribution in [1.82, 2.24) is 15.8 Å². The Balaban J connectivity index is 1.69. The average Bonchev–Trinajstić information content (AvgIpc) is 2.21. The molecule has 0 aromatic heterocycles. The van der Waals surface area contributed by atoms with E-state index in [4.69, 9.17) is 4.74 Å². The predicted octanol–water partition coefficient (Wildman–Crippen LogP) is -0.425. The molecule has 2 heterocycles. The molecule has 0 bridgehead atoms. The largest absolute Gasteiger partial charge is 0.379 e. The van der Waals surface area contributed by atoms with Crippen molar-refractivity contribution in [1.29, 1.82) is 0 Å². The van der Waals surface area contributed by atoms with E-state index in [1.807, 2.05) is 0 Å². The van der Waals surface area contributed by atoms with Crippen LogP contribution in [0.25, 0.3) is 0 Å². The SMILES string of the molecule is C1CC(NN2CCOCC2)CCN1. The Morgan fingerprint density at radius 2 is 1.85 bits per heavy atom. The first-order chi connectivity index (χ1) is 6.45. The molecule has 0 unspecified atom stereocenters. The number of nitrogens with zero attached hydrogens (tertiary/aromatic N) is 1. The molecular formula is C9H19N3O. The lowest BCUT2D eigenvalue weighted by Gasteiger charge is -2.33. The Kier molecular flexibility index (Phi) is 3.55. The number of morpholine rings is 1. The second kappa shape index (κ2) is 4.91. The fourth-order valence-corrected chi connectivity index (χ4v) is 1.90. The normalized spacial score (nSPS) is 27.7. The highest BCUT2D eigenvalue weighted by atomic mass is 16.5. The zero-order valence-electron chi connectivity index (χ0n) is 8.09. The average molecular weight is 185 g/mol. The van der Waals surface area contributed by atoms with Gasteiger partial charge in [-0.3, -0.25) is 5.43 Å². The molecule has 0 aromatic carbocycles. The number of piperidine rings is 1. The summed E-state index contributed by atoms with van der Waals surface area (Å²) < 4.78 is 5.29. The maximum atomic E-state index is 5.29. The van der Waals surface area contributed by atoms with Gasteiger partial charge in [0.15, 0.2) is 0 Å². The Bertz CT molecular complexity index is 126. The summed E-state index contributed by atoms with van der Waals surface area (Å²) in [5, 5.41) is 5.67. The van der Waals surface area contributed by atoms with Gasteiger partial charge in [0.05, 0.1) is 13.2 Å². The van der Waals surface area contributed by atoms with E-state index in [1.54, 1.807) is 0 Å². The summed E-state index contributed by atoms with van der Waals surface area (Å²) in [5.74, 6) is 0. The highest BCUT2D eigenvalue weighted by Gasteiger charge is 2.17. The van der Waals surface area contributed by atoms with Crippen molar-refractivity contribution in [2.45, 2.75) is 18.9 Å². The second-order valence-corrected chi connectivity index (χ2v) is 3.75. The van der Waals surface area contributed by atoms with Gasteiger partial charge in [-0.1, -0.05) is 0 Å². The smallest absolute Gasteiger partial charge is 0.0608 e. The van der Waals surface area contributed by atoms with Gasteiger partial charge in [0.25, 0.3) is 0 Å². The number of nitrogens with one attached hydrogen (secondary N) is 2. The molecule has 13 heavy (non-hydrogen) atoms. The maximum absolute atomic E-state index is 5.29. The van der Waals surface area contributed by atoms with Crippen LogP contribution in [0.2, 0.25) is 0 Å². The minimum atomic E-state index is 0.680. The van der Waals surface area contributed by atoms with Crippen LogP contribution < -0.4 is 10.7 Å². The zero-order valence-corrected chi connectivity index (χ0v) is 8.09. The number of hydrazine groups is 1. The van der Waals surface area contributed by atoms with Gasteiger partial charge in [0, 0.05) is 19.1 Å². The molecule has 2 saturated heterocycles. The Morgan fingerprint density at radius 1 is 1.15 bits per heavy atom. The highest BCUT2D eigenvalue weighted by Crippen LogP contribution is 2.04. The Hall–Kier alpha value is -0.160. The summed E-state index contributed by atoms with van der Waals surface area (Å²) in [7, 11) is 0. The summed E-state index contributed by atoms with van der Waals surface area (Å²) in [6.45, 7) is 6.12. The van der Waals surface area contributed by atoms with Crippen LogP contribution in [0.1, 0.15) is 12.8 Å².